The molecular formula is C27H35N3O10S. The van der Waals surface area contributed by atoms with Crippen molar-refractivity contribution in [1.29, 1.82) is 0 Å². The van der Waals surface area contributed by atoms with Gasteiger partial charge < -0.3 is 18.9 Å². The smallest absolute Gasteiger partial charge is 0.357 e. The molecule has 0 amide bonds. The lowest BCUT2D eigenvalue weighted by Gasteiger charge is -2.25. The van der Waals surface area contributed by atoms with Crippen LogP contribution in [0.3, 0.4) is 0 Å². The standard InChI is InChI=1S/C27H35N3O10S/c1-6-27(4,5)40-24(31)13-14-29(41(36)23-12-10-9-11-22(23)30(34)35)15-16-39-19-17-20(25(32)37-7-2)28-21(18-19)26(33)38-8-3/h9-12,17-18H,6-8,13-16H2,1-5H3. The molecule has 0 aliphatic carbocycles. The van der Waals surface area contributed by atoms with Gasteiger partial charge in [0.2, 0.25) is 0 Å². The number of para-hydroxylation sites is 1. The summed E-state index contributed by atoms with van der Waals surface area (Å²) >= 11 is 0. The predicted octanol–water partition coefficient (Wildman–Crippen LogP) is 3.87. The number of aromatic nitrogens is 1. The molecule has 0 spiro atoms. The second-order valence-electron chi connectivity index (χ2n) is 9.10. The second kappa shape index (κ2) is 15.8. The largest absolute Gasteiger partial charge is 0.492 e. The SMILES string of the molecule is CCOC(=O)c1cc(OCCN(CCC(=O)OC(C)(C)CC)S(=O)c2ccccc2[N+](=O)[O-])cc(C(=O)OCC)n1. The molecule has 0 aliphatic rings. The van der Waals surface area contributed by atoms with E-state index in [4.69, 9.17) is 18.9 Å². The average Bonchev–Trinajstić information content (AvgIpc) is 2.94. The van der Waals surface area contributed by atoms with E-state index in [1.807, 2.05) is 6.92 Å². The predicted molar refractivity (Wildman–Crippen MR) is 148 cm³/mol. The van der Waals surface area contributed by atoms with Crippen molar-refractivity contribution < 1.29 is 42.5 Å². The molecule has 0 fully saturated rings. The third kappa shape index (κ3) is 10.2. The van der Waals surface area contributed by atoms with Gasteiger partial charge in [-0.3, -0.25) is 14.9 Å². The van der Waals surface area contributed by atoms with Crippen LogP contribution >= 0.6 is 0 Å². The third-order valence-corrected chi connectivity index (χ3v) is 7.22. The van der Waals surface area contributed by atoms with Gasteiger partial charge in [-0.1, -0.05) is 19.1 Å². The molecule has 13 nitrogen and oxygen atoms in total. The Bertz CT molecular complexity index is 1230. The maximum absolute atomic E-state index is 13.5. The highest BCUT2D eigenvalue weighted by molar-refractivity contribution is 7.82. The summed E-state index contributed by atoms with van der Waals surface area (Å²) in [6, 6.07) is 8.17. The van der Waals surface area contributed by atoms with Crippen molar-refractivity contribution in [2.75, 3.05) is 32.9 Å². The molecule has 1 aromatic heterocycles. The first-order valence-corrected chi connectivity index (χ1v) is 14.1. The molecule has 41 heavy (non-hydrogen) atoms. The monoisotopic (exact) mass is 593 g/mol. The molecule has 2 rings (SSSR count). The van der Waals surface area contributed by atoms with Gasteiger partial charge in [-0.05, 0) is 40.2 Å². The van der Waals surface area contributed by atoms with Crippen LogP contribution in [0, 0.1) is 10.1 Å². The number of nitro groups is 1. The number of rotatable bonds is 16. The summed E-state index contributed by atoms with van der Waals surface area (Å²) in [6.07, 6.45) is 0.455. The first-order valence-electron chi connectivity index (χ1n) is 13.0. The van der Waals surface area contributed by atoms with Gasteiger partial charge in [-0.2, -0.15) is 0 Å². The Morgan fingerprint density at radius 1 is 1.00 bits per heavy atom. The van der Waals surface area contributed by atoms with Gasteiger partial charge in [0.25, 0.3) is 5.69 Å². The van der Waals surface area contributed by atoms with E-state index in [1.165, 1.54) is 40.7 Å². The van der Waals surface area contributed by atoms with Crippen LogP contribution in [-0.2, 0) is 30.0 Å². The molecule has 0 N–H and O–H groups in total. The lowest BCUT2D eigenvalue weighted by Crippen LogP contribution is -2.34. The molecule has 2 aromatic rings. The first-order chi connectivity index (χ1) is 19.4. The van der Waals surface area contributed by atoms with Gasteiger partial charge in [0.1, 0.15) is 33.8 Å². The van der Waals surface area contributed by atoms with Gasteiger partial charge in [0.15, 0.2) is 11.4 Å². The molecule has 0 saturated heterocycles. The molecule has 1 heterocycles. The van der Waals surface area contributed by atoms with E-state index < -0.39 is 39.4 Å². The molecular weight excluding hydrogens is 558 g/mol. The molecule has 0 radical (unpaired) electrons. The second-order valence-corrected chi connectivity index (χ2v) is 10.6. The normalized spacial score (nSPS) is 12.0. The van der Waals surface area contributed by atoms with Crippen molar-refractivity contribution in [3.05, 3.63) is 57.9 Å². The number of pyridine rings is 1. The number of hydrogen-bond acceptors (Lipinski definition) is 11. The molecule has 0 bridgehead atoms. The molecule has 224 valence electrons. The van der Waals surface area contributed by atoms with Crippen LogP contribution in [0.1, 0.15) is 68.4 Å². The van der Waals surface area contributed by atoms with E-state index >= 15 is 0 Å². The topological polar surface area (TPSA) is 164 Å². The van der Waals surface area contributed by atoms with E-state index in [1.54, 1.807) is 27.7 Å². The molecule has 1 aromatic carbocycles. The zero-order chi connectivity index (χ0) is 30.6. The summed E-state index contributed by atoms with van der Waals surface area (Å²) in [5.74, 6) is -1.96. The Morgan fingerprint density at radius 3 is 2.12 bits per heavy atom. The minimum absolute atomic E-state index is 0.0436. The van der Waals surface area contributed by atoms with Crippen LogP contribution < -0.4 is 4.74 Å². The highest BCUT2D eigenvalue weighted by Gasteiger charge is 2.26. The minimum atomic E-state index is -2.04. The van der Waals surface area contributed by atoms with Crippen LogP contribution in [0.4, 0.5) is 5.69 Å². The highest BCUT2D eigenvalue weighted by Crippen LogP contribution is 2.24. The average molecular weight is 594 g/mol. The van der Waals surface area contributed by atoms with E-state index in [9.17, 15) is 28.7 Å². The number of esters is 3. The number of nitrogens with zero attached hydrogens (tertiary/aromatic N) is 3. The van der Waals surface area contributed by atoms with Gasteiger partial charge in [0.05, 0.1) is 24.6 Å². The van der Waals surface area contributed by atoms with E-state index in [0.29, 0.717) is 6.42 Å². The molecule has 1 atom stereocenters. The fourth-order valence-corrected chi connectivity index (χ4v) is 4.59. The van der Waals surface area contributed by atoms with Gasteiger partial charge >= 0.3 is 17.9 Å². The zero-order valence-corrected chi connectivity index (χ0v) is 24.6. The molecule has 1 unspecified atom stereocenters. The van der Waals surface area contributed by atoms with Crippen molar-refractivity contribution in [3.63, 3.8) is 0 Å². The quantitative estimate of drug-likeness (QED) is 0.120. The minimum Gasteiger partial charge on any atom is -0.492 e. The van der Waals surface area contributed by atoms with Crippen molar-refractivity contribution in [2.24, 2.45) is 0 Å². The summed E-state index contributed by atoms with van der Waals surface area (Å²) in [6.45, 7) is 8.60. The van der Waals surface area contributed by atoms with Crippen LogP contribution in [0.15, 0.2) is 41.3 Å². The zero-order valence-electron chi connectivity index (χ0n) is 23.7. The summed E-state index contributed by atoms with van der Waals surface area (Å²) in [5, 5.41) is 11.5. The lowest BCUT2D eigenvalue weighted by molar-refractivity contribution is -0.387. The van der Waals surface area contributed by atoms with Crippen LogP contribution in [0.25, 0.3) is 0 Å². The van der Waals surface area contributed by atoms with Gasteiger partial charge in [0, 0.05) is 31.3 Å². The number of carbonyl (C=O) groups is 3. The fourth-order valence-electron chi connectivity index (χ4n) is 3.29. The van der Waals surface area contributed by atoms with E-state index in [-0.39, 0.29) is 67.1 Å². The lowest BCUT2D eigenvalue weighted by atomic mass is 10.1. The maximum Gasteiger partial charge on any atom is 0.357 e. The van der Waals surface area contributed by atoms with Crippen molar-refractivity contribution in [2.45, 2.75) is 58.0 Å². The number of hydrogen-bond donors (Lipinski definition) is 0. The Hall–Kier alpha value is -3.91. The van der Waals surface area contributed by atoms with E-state index in [2.05, 4.69) is 4.98 Å². The van der Waals surface area contributed by atoms with Crippen LogP contribution in [0.5, 0.6) is 5.75 Å². The summed E-state index contributed by atoms with van der Waals surface area (Å²) in [5.41, 5.74) is -1.36. The van der Waals surface area contributed by atoms with Crippen molar-refractivity contribution >= 4 is 34.6 Å². The Morgan fingerprint density at radius 2 is 1.59 bits per heavy atom. The van der Waals surface area contributed by atoms with Gasteiger partial charge in [-0.15, -0.1) is 0 Å². The third-order valence-electron chi connectivity index (χ3n) is 5.67. The first kappa shape index (κ1) is 33.3. The van der Waals surface area contributed by atoms with Crippen LogP contribution in [0.2, 0.25) is 0 Å². The number of carbonyl (C=O) groups excluding carboxylic acids is 3. The van der Waals surface area contributed by atoms with Crippen LogP contribution in [-0.4, -0.2) is 74.8 Å². The number of nitro benzene ring substituents is 1. The fraction of sp³-hybridized carbons (Fsp3) is 0.481. The van der Waals surface area contributed by atoms with Gasteiger partial charge in [-0.25, -0.2) is 23.1 Å². The summed E-state index contributed by atoms with van der Waals surface area (Å²) in [7, 11) is -2.04. The maximum atomic E-state index is 13.5. The Balaban J connectivity index is 2.28. The van der Waals surface area contributed by atoms with E-state index in [0.717, 1.165) is 0 Å². The Labute approximate surface area is 240 Å². The number of benzene rings is 1. The van der Waals surface area contributed by atoms with Crippen molar-refractivity contribution in [3.8, 4) is 5.75 Å². The summed E-state index contributed by atoms with van der Waals surface area (Å²) in [4.78, 5) is 51.9. The van der Waals surface area contributed by atoms with Crippen molar-refractivity contribution in [1.82, 2.24) is 9.29 Å². The Kier molecular flexibility index (Phi) is 12.8. The summed E-state index contributed by atoms with van der Waals surface area (Å²) < 4.78 is 36.0. The molecule has 0 aliphatic heterocycles. The molecule has 14 heteroatoms. The highest BCUT2D eigenvalue weighted by atomic mass is 32.2. The molecule has 0 saturated carbocycles. The number of ether oxygens (including phenoxy) is 4.